The number of imidazole rings is 1. The van der Waals surface area contributed by atoms with Crippen LogP contribution in [0.1, 0.15) is 18.7 Å². The van der Waals surface area contributed by atoms with Gasteiger partial charge in [-0.05, 0) is 25.9 Å². The van der Waals surface area contributed by atoms with Crippen LogP contribution in [0.25, 0.3) is 11.4 Å². The van der Waals surface area contributed by atoms with Crippen LogP contribution in [0.15, 0.2) is 11.8 Å². The first-order chi connectivity index (χ1) is 6.21. The van der Waals surface area contributed by atoms with Crippen molar-refractivity contribution in [2.45, 2.75) is 19.4 Å². The Bertz CT molecular complexity index is 430. The maximum absolute atomic E-state index is 4.33. The average molecular weight is 385 g/mol. The molecule has 2 aromatic rings. The molecule has 0 radical (unpaired) electrons. The van der Waals surface area contributed by atoms with E-state index in [1.807, 2.05) is 11.8 Å². The first-order valence-electron chi connectivity index (χ1n) is 4.11. The molecule has 0 N–H and O–H groups in total. The second kappa shape index (κ2) is 3.01. The zero-order valence-electron chi connectivity index (χ0n) is 7.72. The van der Waals surface area contributed by atoms with Gasteiger partial charge < -0.3 is 14.5 Å². The van der Waals surface area contributed by atoms with Gasteiger partial charge in [0.2, 0.25) is 0 Å². The normalized spacial score (nSPS) is 15.9. The van der Waals surface area contributed by atoms with Crippen molar-refractivity contribution in [1.29, 1.82) is 0 Å². The zero-order valence-corrected chi connectivity index (χ0v) is 10.8. The molecule has 0 saturated heterocycles. The molecule has 0 bridgehead atoms. The van der Waals surface area contributed by atoms with E-state index in [1.54, 1.807) is 11.3 Å². The summed E-state index contributed by atoms with van der Waals surface area (Å²) in [5.74, 6) is 0. The number of rotatable bonds is 0. The quantitative estimate of drug-likeness (QED) is 0.649. The summed E-state index contributed by atoms with van der Waals surface area (Å²) in [6.07, 6.45) is 4.80. The van der Waals surface area contributed by atoms with Gasteiger partial charge in [0.25, 0.3) is 0 Å². The SMILES string of the molecule is CC1(C)c2scnc2-c2[c-]ncn21.[Pt]. The van der Waals surface area contributed by atoms with Gasteiger partial charge in [0, 0.05) is 31.6 Å². The summed E-state index contributed by atoms with van der Waals surface area (Å²) in [7, 11) is 0. The summed E-state index contributed by atoms with van der Waals surface area (Å²) in [4.78, 5) is 9.66. The Morgan fingerprint density at radius 3 is 3.07 bits per heavy atom. The van der Waals surface area contributed by atoms with E-state index in [0.29, 0.717) is 0 Å². The van der Waals surface area contributed by atoms with Crippen LogP contribution in [-0.2, 0) is 26.6 Å². The fourth-order valence-electron chi connectivity index (χ4n) is 1.81. The molecule has 3 heterocycles. The van der Waals surface area contributed by atoms with Crippen molar-refractivity contribution in [3.8, 4) is 11.4 Å². The topological polar surface area (TPSA) is 30.7 Å². The monoisotopic (exact) mass is 385 g/mol. The van der Waals surface area contributed by atoms with Crippen LogP contribution in [0.5, 0.6) is 0 Å². The summed E-state index contributed by atoms with van der Waals surface area (Å²) in [5.41, 5.74) is 3.95. The Balaban J connectivity index is 0.000000750. The van der Waals surface area contributed by atoms with Gasteiger partial charge in [-0.25, -0.2) is 0 Å². The van der Waals surface area contributed by atoms with Crippen LogP contribution < -0.4 is 0 Å². The van der Waals surface area contributed by atoms with Crippen LogP contribution in [0.2, 0.25) is 0 Å². The number of aromatic nitrogens is 3. The van der Waals surface area contributed by atoms with Gasteiger partial charge in [-0.2, -0.15) is 0 Å². The third kappa shape index (κ3) is 1.01. The first-order valence-corrected chi connectivity index (χ1v) is 4.99. The van der Waals surface area contributed by atoms with Crippen LogP contribution in [0.4, 0.5) is 0 Å². The van der Waals surface area contributed by atoms with Gasteiger partial charge in [-0.3, -0.25) is 0 Å². The molecule has 0 aromatic carbocycles. The molecule has 5 heteroatoms. The zero-order chi connectivity index (χ0) is 9.05. The van der Waals surface area contributed by atoms with E-state index in [1.165, 1.54) is 4.88 Å². The maximum Gasteiger partial charge on any atom is 0.0644 e. The van der Waals surface area contributed by atoms with E-state index in [2.05, 4.69) is 34.6 Å². The number of hydrogen-bond acceptors (Lipinski definition) is 3. The van der Waals surface area contributed by atoms with Gasteiger partial charge in [0.1, 0.15) is 0 Å². The van der Waals surface area contributed by atoms with E-state index >= 15 is 0 Å². The van der Waals surface area contributed by atoms with Gasteiger partial charge >= 0.3 is 0 Å². The van der Waals surface area contributed by atoms with E-state index in [0.717, 1.165) is 11.4 Å². The van der Waals surface area contributed by atoms with Gasteiger partial charge in [0.05, 0.1) is 11.0 Å². The van der Waals surface area contributed by atoms with Crippen molar-refractivity contribution in [1.82, 2.24) is 14.5 Å². The molecule has 0 aliphatic carbocycles. The molecule has 0 saturated carbocycles. The molecule has 0 atom stereocenters. The van der Waals surface area contributed by atoms with Crippen LogP contribution in [-0.4, -0.2) is 14.5 Å². The Kier molecular flexibility index (Phi) is 2.16. The summed E-state index contributed by atoms with van der Waals surface area (Å²) in [6.45, 7) is 4.35. The largest absolute Gasteiger partial charge is 0.394 e. The third-order valence-electron chi connectivity index (χ3n) is 2.53. The molecule has 76 valence electrons. The second-order valence-corrected chi connectivity index (χ2v) is 4.52. The van der Waals surface area contributed by atoms with Crippen molar-refractivity contribution in [3.05, 3.63) is 22.9 Å². The molecule has 2 aromatic heterocycles. The molecule has 3 nitrogen and oxygen atoms in total. The first kappa shape index (κ1) is 10.1. The Morgan fingerprint density at radius 1 is 1.50 bits per heavy atom. The number of fused-ring (bicyclic) bond motifs is 3. The molecular formula is C9H8N3PtS-. The van der Waals surface area contributed by atoms with Crippen molar-refractivity contribution in [2.24, 2.45) is 0 Å². The predicted molar refractivity (Wildman–Crippen MR) is 50.6 cm³/mol. The third-order valence-corrected chi connectivity index (χ3v) is 3.67. The minimum Gasteiger partial charge on any atom is -0.394 e. The summed E-state index contributed by atoms with van der Waals surface area (Å²) in [5, 5.41) is 0. The molecule has 1 aliphatic rings. The average Bonchev–Trinajstić information content (AvgIpc) is 2.74. The molecule has 3 rings (SSSR count). The van der Waals surface area contributed by atoms with E-state index in [4.69, 9.17) is 0 Å². The summed E-state index contributed by atoms with van der Waals surface area (Å²) in [6, 6.07) is 0. The molecule has 1 aliphatic heterocycles. The maximum atomic E-state index is 4.33. The molecule has 0 unspecified atom stereocenters. The molecule has 0 spiro atoms. The van der Waals surface area contributed by atoms with Crippen molar-refractivity contribution < 1.29 is 21.1 Å². The van der Waals surface area contributed by atoms with E-state index < -0.39 is 0 Å². The molecular weight excluding hydrogens is 377 g/mol. The Labute approximate surface area is 100 Å². The minimum absolute atomic E-state index is 0. The van der Waals surface area contributed by atoms with E-state index in [9.17, 15) is 0 Å². The fourth-order valence-corrected chi connectivity index (χ4v) is 2.72. The van der Waals surface area contributed by atoms with Gasteiger partial charge in [-0.15, -0.1) is 11.3 Å². The molecule has 0 amide bonds. The van der Waals surface area contributed by atoms with Crippen LogP contribution in [0.3, 0.4) is 0 Å². The number of hydrogen-bond donors (Lipinski definition) is 0. The minimum atomic E-state index is -0.00116. The second-order valence-electron chi connectivity index (χ2n) is 3.66. The van der Waals surface area contributed by atoms with Crippen molar-refractivity contribution in [3.63, 3.8) is 0 Å². The molecule has 14 heavy (non-hydrogen) atoms. The fraction of sp³-hybridized carbons (Fsp3) is 0.333. The smallest absolute Gasteiger partial charge is 0.0644 e. The van der Waals surface area contributed by atoms with Crippen molar-refractivity contribution >= 4 is 11.3 Å². The Hall–Kier alpha value is -0.472. The van der Waals surface area contributed by atoms with Gasteiger partial charge in [0.15, 0.2) is 0 Å². The standard InChI is InChI=1S/C9H8N3S.Pt/c1-9(2)8-7(11-5-13-8)6-3-10-4-12(6)9;/h4-5H,1-2H3;/q-1;. The predicted octanol–water partition coefficient (Wildman–Crippen LogP) is 1.90. The summed E-state index contributed by atoms with van der Waals surface area (Å²) >= 11 is 1.70. The summed E-state index contributed by atoms with van der Waals surface area (Å²) < 4.78 is 2.13. The van der Waals surface area contributed by atoms with E-state index in [-0.39, 0.29) is 26.6 Å². The van der Waals surface area contributed by atoms with Crippen LogP contribution >= 0.6 is 11.3 Å². The number of thiazole rings is 1. The molecule has 0 fully saturated rings. The number of nitrogens with zero attached hydrogens (tertiary/aromatic N) is 3. The van der Waals surface area contributed by atoms with Crippen molar-refractivity contribution in [2.75, 3.05) is 0 Å². The Morgan fingerprint density at radius 2 is 2.29 bits per heavy atom. The van der Waals surface area contributed by atoms with Gasteiger partial charge in [-0.1, -0.05) is 6.20 Å². The van der Waals surface area contributed by atoms with Crippen LogP contribution in [0, 0.1) is 6.20 Å².